The van der Waals surface area contributed by atoms with Crippen molar-refractivity contribution in [1.82, 2.24) is 0 Å². The van der Waals surface area contributed by atoms with Crippen molar-refractivity contribution in [2.45, 2.75) is 18.3 Å². The molecule has 0 saturated carbocycles. The van der Waals surface area contributed by atoms with Crippen LogP contribution in [0.5, 0.6) is 5.75 Å². The molecule has 0 bridgehead atoms. The molecular formula is C11H12O4. The van der Waals surface area contributed by atoms with E-state index in [1.165, 1.54) is 0 Å². The van der Waals surface area contributed by atoms with E-state index in [9.17, 15) is 0 Å². The molecule has 0 N–H and O–H groups in total. The van der Waals surface area contributed by atoms with Crippen LogP contribution in [0.2, 0.25) is 0 Å². The molecule has 15 heavy (non-hydrogen) atoms. The molecule has 4 nitrogen and oxygen atoms in total. The van der Waals surface area contributed by atoms with E-state index < -0.39 is 11.4 Å². The zero-order valence-corrected chi connectivity index (χ0v) is 8.65. The van der Waals surface area contributed by atoms with Crippen LogP contribution in [0, 0.1) is 0 Å². The molecule has 0 spiro atoms. The molecule has 80 valence electrons. The number of fused-ring (bicyclic) bond motifs is 3. The Balaban J connectivity index is 2.07. The summed E-state index contributed by atoms with van der Waals surface area (Å²) in [5.74, 6) is -0.0135. The molecule has 0 aliphatic carbocycles. The lowest BCUT2D eigenvalue weighted by Gasteiger charge is -2.47. The zero-order valence-electron chi connectivity index (χ0n) is 8.65. The highest BCUT2D eigenvalue weighted by Crippen LogP contribution is 2.57. The van der Waals surface area contributed by atoms with Gasteiger partial charge in [0.1, 0.15) is 12.4 Å². The van der Waals surface area contributed by atoms with E-state index in [0.29, 0.717) is 6.61 Å². The van der Waals surface area contributed by atoms with Crippen molar-refractivity contribution in [1.29, 1.82) is 0 Å². The molecule has 2 unspecified atom stereocenters. The minimum Gasteiger partial charge on any atom is -0.453 e. The third-order valence-electron chi connectivity index (χ3n) is 3.08. The topological polar surface area (TPSA) is 36.9 Å². The van der Waals surface area contributed by atoms with E-state index >= 15 is 0 Å². The fraction of sp³-hybridized carbons (Fsp3) is 0.455. The third-order valence-corrected chi connectivity index (χ3v) is 3.08. The maximum Gasteiger partial charge on any atom is 0.299 e. The molecule has 0 radical (unpaired) electrons. The summed E-state index contributed by atoms with van der Waals surface area (Å²) in [6.07, 6.45) is 0. The van der Waals surface area contributed by atoms with Gasteiger partial charge in [0.2, 0.25) is 0 Å². The Bertz CT molecular complexity index is 405. The van der Waals surface area contributed by atoms with Gasteiger partial charge >= 0.3 is 0 Å². The van der Waals surface area contributed by atoms with E-state index in [4.69, 9.17) is 19.2 Å². The Morgan fingerprint density at radius 1 is 1.27 bits per heavy atom. The van der Waals surface area contributed by atoms with Crippen molar-refractivity contribution in [2.75, 3.05) is 13.7 Å². The lowest BCUT2D eigenvalue weighted by atomic mass is 9.88. The number of methoxy groups -OCH3 is 1. The van der Waals surface area contributed by atoms with E-state index in [1.807, 2.05) is 31.2 Å². The van der Waals surface area contributed by atoms with Gasteiger partial charge in [-0.25, -0.2) is 4.89 Å². The van der Waals surface area contributed by atoms with Crippen molar-refractivity contribution in [3.63, 3.8) is 0 Å². The summed E-state index contributed by atoms with van der Waals surface area (Å²) < 4.78 is 10.9. The molecular weight excluding hydrogens is 196 g/mol. The van der Waals surface area contributed by atoms with E-state index in [0.717, 1.165) is 11.3 Å². The quantitative estimate of drug-likeness (QED) is 0.692. The van der Waals surface area contributed by atoms with Gasteiger partial charge in [-0.3, -0.25) is 0 Å². The first-order valence-corrected chi connectivity index (χ1v) is 4.86. The Kier molecular flexibility index (Phi) is 1.66. The molecule has 2 aliphatic heterocycles. The molecule has 4 heteroatoms. The average molecular weight is 208 g/mol. The first-order valence-electron chi connectivity index (χ1n) is 4.86. The zero-order chi connectivity index (χ0) is 10.5. The molecule has 2 aliphatic rings. The Labute approximate surface area is 87.6 Å². The van der Waals surface area contributed by atoms with Crippen LogP contribution in [0.3, 0.4) is 0 Å². The monoisotopic (exact) mass is 208 g/mol. The van der Waals surface area contributed by atoms with Crippen LogP contribution >= 0.6 is 0 Å². The third kappa shape index (κ3) is 0.916. The fourth-order valence-electron chi connectivity index (χ4n) is 2.13. The maximum absolute atomic E-state index is 5.76. The van der Waals surface area contributed by atoms with Gasteiger partial charge in [0.05, 0.1) is 0 Å². The number of rotatable bonds is 2. The van der Waals surface area contributed by atoms with Crippen molar-refractivity contribution in [3.05, 3.63) is 29.8 Å². The second-order valence-corrected chi connectivity index (χ2v) is 3.98. The highest BCUT2D eigenvalue weighted by molar-refractivity contribution is 5.45. The fourth-order valence-corrected chi connectivity index (χ4v) is 2.13. The van der Waals surface area contributed by atoms with Crippen LogP contribution in [-0.4, -0.2) is 19.5 Å². The smallest absolute Gasteiger partial charge is 0.299 e. The van der Waals surface area contributed by atoms with E-state index in [2.05, 4.69) is 0 Å². The van der Waals surface area contributed by atoms with Crippen LogP contribution in [0.1, 0.15) is 12.5 Å². The van der Waals surface area contributed by atoms with Crippen LogP contribution < -0.4 is 4.74 Å². The normalized spacial score (nSPS) is 36.4. The predicted octanol–water partition coefficient (Wildman–Crippen LogP) is 1.60. The summed E-state index contributed by atoms with van der Waals surface area (Å²) in [6, 6.07) is 7.77. The van der Waals surface area contributed by atoms with Gasteiger partial charge < -0.3 is 9.47 Å². The minimum absolute atomic E-state index is 0.345. The van der Waals surface area contributed by atoms with Gasteiger partial charge in [-0.15, -0.1) is 0 Å². The molecule has 0 amide bonds. The van der Waals surface area contributed by atoms with Crippen LogP contribution in [0.25, 0.3) is 0 Å². The summed E-state index contributed by atoms with van der Waals surface area (Å²) in [6.45, 7) is 2.29. The second-order valence-electron chi connectivity index (χ2n) is 3.98. The van der Waals surface area contributed by atoms with E-state index in [-0.39, 0.29) is 0 Å². The van der Waals surface area contributed by atoms with E-state index in [1.54, 1.807) is 7.11 Å². The van der Waals surface area contributed by atoms with Crippen molar-refractivity contribution in [2.24, 2.45) is 0 Å². The molecule has 1 saturated heterocycles. The SMILES string of the molecule is COCC12OOC1(C)c1ccccc1O2. The van der Waals surface area contributed by atoms with Crippen LogP contribution in [0.4, 0.5) is 0 Å². The Morgan fingerprint density at radius 3 is 2.73 bits per heavy atom. The number of hydrogen-bond donors (Lipinski definition) is 0. The molecule has 3 rings (SSSR count). The average Bonchev–Trinajstić information content (AvgIpc) is 2.41. The minimum atomic E-state index is -0.814. The largest absolute Gasteiger partial charge is 0.453 e. The number of hydrogen-bond acceptors (Lipinski definition) is 4. The second kappa shape index (κ2) is 2.72. The van der Waals surface area contributed by atoms with Gasteiger partial charge in [-0.05, 0) is 13.0 Å². The summed E-state index contributed by atoms with van der Waals surface area (Å²) in [5.41, 5.74) is 0.452. The number of benzene rings is 1. The van der Waals surface area contributed by atoms with Crippen molar-refractivity contribution < 1.29 is 19.2 Å². The molecule has 1 fully saturated rings. The van der Waals surface area contributed by atoms with Crippen LogP contribution in [0.15, 0.2) is 24.3 Å². The van der Waals surface area contributed by atoms with Gasteiger partial charge in [0, 0.05) is 12.7 Å². The standard InChI is InChI=1S/C11H12O4/c1-10-8-5-3-4-6-9(8)13-11(10,7-12-2)15-14-10/h3-6H,7H2,1-2H3. The maximum atomic E-state index is 5.76. The summed E-state index contributed by atoms with van der Waals surface area (Å²) in [7, 11) is 1.61. The number of para-hydroxylation sites is 1. The first-order chi connectivity index (χ1) is 7.22. The van der Waals surface area contributed by atoms with Gasteiger partial charge in [-0.2, -0.15) is 4.89 Å². The van der Waals surface area contributed by atoms with Gasteiger partial charge in [0.25, 0.3) is 5.79 Å². The number of ether oxygens (including phenoxy) is 2. The lowest BCUT2D eigenvalue weighted by molar-refractivity contribution is -0.596. The molecule has 0 aromatic heterocycles. The predicted molar refractivity (Wildman–Crippen MR) is 51.2 cm³/mol. The van der Waals surface area contributed by atoms with Crippen molar-refractivity contribution in [3.8, 4) is 5.75 Å². The van der Waals surface area contributed by atoms with Gasteiger partial charge in [-0.1, -0.05) is 18.2 Å². The first kappa shape index (κ1) is 9.15. The highest BCUT2D eigenvalue weighted by Gasteiger charge is 2.70. The molecule has 1 aromatic rings. The highest BCUT2D eigenvalue weighted by atomic mass is 17.3. The summed E-state index contributed by atoms with van der Waals surface area (Å²) >= 11 is 0. The molecule has 1 aromatic carbocycles. The van der Waals surface area contributed by atoms with Crippen LogP contribution in [-0.2, 0) is 20.1 Å². The van der Waals surface area contributed by atoms with Gasteiger partial charge in [0.15, 0.2) is 5.60 Å². The summed E-state index contributed by atoms with van der Waals surface area (Å²) in [4.78, 5) is 10.3. The Hall–Kier alpha value is -1.10. The molecule has 2 atom stereocenters. The van der Waals surface area contributed by atoms with Crippen molar-refractivity contribution >= 4 is 0 Å². The lowest BCUT2D eigenvalue weighted by Crippen LogP contribution is -2.65. The Morgan fingerprint density at radius 2 is 2.07 bits per heavy atom. The summed E-state index contributed by atoms with van der Waals surface area (Å²) in [5, 5.41) is 0. The molecule has 2 heterocycles.